The number of benzene rings is 2. The zero-order valence-electron chi connectivity index (χ0n) is 15.2. The van der Waals surface area contributed by atoms with Crippen LogP contribution in [0.15, 0.2) is 42.5 Å². The topological polar surface area (TPSA) is 80.3 Å². The van der Waals surface area contributed by atoms with Gasteiger partial charge in [0.1, 0.15) is 0 Å². The van der Waals surface area contributed by atoms with Gasteiger partial charge in [0, 0.05) is 18.8 Å². The quantitative estimate of drug-likeness (QED) is 0.640. The number of anilines is 1. The second kappa shape index (κ2) is 8.75. The molecule has 3 aromatic rings. The summed E-state index contributed by atoms with van der Waals surface area (Å²) < 4.78 is 6.32. The van der Waals surface area contributed by atoms with Crippen LogP contribution in [0.4, 0.5) is 5.69 Å². The zero-order chi connectivity index (χ0) is 19.2. The van der Waals surface area contributed by atoms with Crippen LogP contribution in [0, 0.1) is 6.92 Å². The van der Waals surface area contributed by atoms with Crippen molar-refractivity contribution in [2.24, 2.45) is 0 Å². The van der Waals surface area contributed by atoms with Crippen molar-refractivity contribution in [3.8, 4) is 0 Å². The fraction of sp³-hybridized carbons (Fsp3) is 0.250. The van der Waals surface area contributed by atoms with Crippen LogP contribution in [-0.2, 0) is 27.5 Å². The molecule has 27 heavy (non-hydrogen) atoms. The minimum atomic E-state index is -0.691. The molecule has 1 aromatic heterocycles. The van der Waals surface area contributed by atoms with Crippen LogP contribution < -0.4 is 10.6 Å². The van der Waals surface area contributed by atoms with E-state index in [0.717, 1.165) is 26.4 Å². The highest BCUT2D eigenvalue weighted by atomic mass is 32.1. The standard InChI is InChI=1S/C20H21N3O3S/c1-3-26-12-15-6-4-14(5-7-15)11-21-19(24)20(25)23-16-8-9-17-18(10-16)27-13(2)22-17/h4-10H,3,11-12H2,1-2H3,(H,21,24)(H,23,25). The molecule has 0 aliphatic carbocycles. The Morgan fingerprint density at radius 1 is 1.07 bits per heavy atom. The monoisotopic (exact) mass is 383 g/mol. The molecule has 0 fully saturated rings. The van der Waals surface area contributed by atoms with Gasteiger partial charge in [0.15, 0.2) is 0 Å². The van der Waals surface area contributed by atoms with Crippen molar-refractivity contribution in [1.29, 1.82) is 0 Å². The van der Waals surface area contributed by atoms with Gasteiger partial charge in [0.25, 0.3) is 0 Å². The van der Waals surface area contributed by atoms with Crippen LogP contribution in [0.3, 0.4) is 0 Å². The second-order valence-electron chi connectivity index (χ2n) is 6.01. The Morgan fingerprint density at radius 3 is 2.56 bits per heavy atom. The van der Waals surface area contributed by atoms with Crippen LogP contribution in [0.5, 0.6) is 0 Å². The number of hydrogen-bond acceptors (Lipinski definition) is 5. The first-order valence-electron chi connectivity index (χ1n) is 8.67. The molecular formula is C20H21N3O3S. The second-order valence-corrected chi connectivity index (χ2v) is 7.24. The summed E-state index contributed by atoms with van der Waals surface area (Å²) in [5, 5.41) is 6.21. The normalized spacial score (nSPS) is 10.7. The number of ether oxygens (including phenoxy) is 1. The van der Waals surface area contributed by atoms with E-state index in [9.17, 15) is 9.59 Å². The molecule has 0 radical (unpaired) electrons. The lowest BCUT2D eigenvalue weighted by molar-refractivity contribution is -0.136. The Morgan fingerprint density at radius 2 is 1.81 bits per heavy atom. The third kappa shape index (κ3) is 5.12. The van der Waals surface area contributed by atoms with Crippen molar-refractivity contribution in [3.05, 3.63) is 58.6 Å². The van der Waals surface area contributed by atoms with Gasteiger partial charge < -0.3 is 15.4 Å². The zero-order valence-corrected chi connectivity index (χ0v) is 16.1. The maximum atomic E-state index is 12.1. The lowest BCUT2D eigenvalue weighted by Crippen LogP contribution is -2.34. The summed E-state index contributed by atoms with van der Waals surface area (Å²) in [4.78, 5) is 28.5. The number of hydrogen-bond donors (Lipinski definition) is 2. The number of nitrogens with one attached hydrogen (secondary N) is 2. The Kier molecular flexibility index (Phi) is 6.16. The first-order chi connectivity index (χ1) is 13.0. The minimum Gasteiger partial charge on any atom is -0.377 e. The molecule has 0 aliphatic rings. The van der Waals surface area contributed by atoms with Crippen LogP contribution in [0.25, 0.3) is 10.2 Å². The number of fused-ring (bicyclic) bond motifs is 1. The predicted molar refractivity (Wildman–Crippen MR) is 107 cm³/mol. The maximum absolute atomic E-state index is 12.1. The van der Waals surface area contributed by atoms with E-state index in [-0.39, 0.29) is 6.54 Å². The van der Waals surface area contributed by atoms with Gasteiger partial charge >= 0.3 is 11.8 Å². The Balaban J connectivity index is 1.53. The van der Waals surface area contributed by atoms with Gasteiger partial charge in [-0.3, -0.25) is 9.59 Å². The lowest BCUT2D eigenvalue weighted by Gasteiger charge is -2.08. The number of carbonyl (C=O) groups excluding carboxylic acids is 2. The van der Waals surface area contributed by atoms with Gasteiger partial charge in [-0.25, -0.2) is 4.98 Å². The van der Waals surface area contributed by atoms with E-state index < -0.39 is 11.8 Å². The number of carbonyl (C=O) groups is 2. The Labute approximate surface area is 161 Å². The minimum absolute atomic E-state index is 0.286. The molecule has 0 aliphatic heterocycles. The molecule has 0 saturated heterocycles. The third-order valence-corrected chi connectivity index (χ3v) is 4.84. The summed E-state index contributed by atoms with van der Waals surface area (Å²) in [7, 11) is 0. The molecule has 0 saturated carbocycles. The maximum Gasteiger partial charge on any atom is 0.313 e. The molecule has 2 aromatic carbocycles. The third-order valence-electron chi connectivity index (χ3n) is 3.91. The summed E-state index contributed by atoms with van der Waals surface area (Å²) in [5.41, 5.74) is 3.44. The van der Waals surface area contributed by atoms with E-state index in [1.54, 1.807) is 17.4 Å². The number of thiazole rings is 1. The lowest BCUT2D eigenvalue weighted by atomic mass is 10.1. The summed E-state index contributed by atoms with van der Waals surface area (Å²) >= 11 is 1.54. The van der Waals surface area contributed by atoms with Gasteiger partial charge in [-0.1, -0.05) is 24.3 Å². The molecule has 6 nitrogen and oxygen atoms in total. The van der Waals surface area contributed by atoms with Crippen molar-refractivity contribution >= 4 is 39.1 Å². The van der Waals surface area contributed by atoms with Gasteiger partial charge in [0.05, 0.1) is 21.8 Å². The molecule has 7 heteroatoms. The van der Waals surface area contributed by atoms with E-state index in [0.29, 0.717) is 18.9 Å². The van der Waals surface area contributed by atoms with E-state index >= 15 is 0 Å². The SMILES string of the molecule is CCOCc1ccc(CNC(=O)C(=O)Nc2ccc3nc(C)sc3c2)cc1. The van der Waals surface area contributed by atoms with Gasteiger partial charge in [-0.15, -0.1) is 11.3 Å². The highest BCUT2D eigenvalue weighted by Crippen LogP contribution is 2.24. The van der Waals surface area contributed by atoms with Gasteiger partial charge in [-0.2, -0.15) is 0 Å². The molecule has 0 bridgehead atoms. The fourth-order valence-corrected chi connectivity index (χ4v) is 3.41. The Hall–Kier alpha value is -2.77. The molecule has 2 N–H and O–H groups in total. The molecule has 140 valence electrons. The number of aromatic nitrogens is 1. The molecule has 0 unspecified atom stereocenters. The van der Waals surface area contributed by atoms with Crippen molar-refractivity contribution in [2.75, 3.05) is 11.9 Å². The van der Waals surface area contributed by atoms with E-state index in [1.807, 2.05) is 50.2 Å². The van der Waals surface area contributed by atoms with E-state index in [1.165, 1.54) is 0 Å². The van der Waals surface area contributed by atoms with Crippen LogP contribution in [0.1, 0.15) is 23.1 Å². The number of rotatable bonds is 6. The highest BCUT2D eigenvalue weighted by Gasteiger charge is 2.14. The molecular weight excluding hydrogens is 362 g/mol. The summed E-state index contributed by atoms with van der Waals surface area (Å²) in [6, 6.07) is 13.1. The average Bonchev–Trinajstić information content (AvgIpc) is 3.04. The smallest absolute Gasteiger partial charge is 0.313 e. The highest BCUT2D eigenvalue weighted by molar-refractivity contribution is 7.18. The Bertz CT molecular complexity index is 951. The summed E-state index contributed by atoms with van der Waals surface area (Å²) in [6.45, 7) is 5.40. The van der Waals surface area contributed by atoms with Crippen molar-refractivity contribution in [3.63, 3.8) is 0 Å². The molecule has 1 heterocycles. The van der Waals surface area contributed by atoms with Gasteiger partial charge in [-0.05, 0) is 43.2 Å². The average molecular weight is 383 g/mol. The first kappa shape index (κ1) is 19.0. The molecule has 2 amide bonds. The van der Waals surface area contributed by atoms with E-state index in [4.69, 9.17) is 4.74 Å². The van der Waals surface area contributed by atoms with Crippen molar-refractivity contribution in [1.82, 2.24) is 10.3 Å². The van der Waals surface area contributed by atoms with Crippen LogP contribution >= 0.6 is 11.3 Å². The number of amides is 2. The molecule has 3 rings (SSSR count). The van der Waals surface area contributed by atoms with E-state index in [2.05, 4.69) is 15.6 Å². The number of aryl methyl sites for hydroxylation is 1. The predicted octanol–water partition coefficient (Wildman–Crippen LogP) is 3.40. The van der Waals surface area contributed by atoms with Crippen molar-refractivity contribution < 1.29 is 14.3 Å². The molecule has 0 atom stereocenters. The fourth-order valence-electron chi connectivity index (χ4n) is 2.54. The molecule has 0 spiro atoms. The summed E-state index contributed by atoms with van der Waals surface area (Å²) in [6.07, 6.45) is 0. The first-order valence-corrected chi connectivity index (χ1v) is 9.48. The van der Waals surface area contributed by atoms with Gasteiger partial charge in [0.2, 0.25) is 0 Å². The van der Waals surface area contributed by atoms with Crippen molar-refractivity contribution in [2.45, 2.75) is 27.0 Å². The largest absolute Gasteiger partial charge is 0.377 e. The summed E-state index contributed by atoms with van der Waals surface area (Å²) in [5.74, 6) is -1.36. The van der Waals surface area contributed by atoms with Crippen LogP contribution in [-0.4, -0.2) is 23.4 Å². The van der Waals surface area contributed by atoms with Crippen LogP contribution in [0.2, 0.25) is 0 Å². The number of nitrogens with zero attached hydrogens (tertiary/aromatic N) is 1.